The van der Waals surface area contributed by atoms with Crippen LogP contribution in [0, 0.1) is 0 Å². The highest BCUT2D eigenvalue weighted by Crippen LogP contribution is 2.32. The van der Waals surface area contributed by atoms with Gasteiger partial charge in [0.1, 0.15) is 11.6 Å². The summed E-state index contributed by atoms with van der Waals surface area (Å²) in [6, 6.07) is 8.80. The molecule has 2 aromatic heterocycles. The van der Waals surface area contributed by atoms with E-state index < -0.39 is 17.6 Å². The number of pyridine rings is 1. The third-order valence-electron chi connectivity index (χ3n) is 4.83. The molecule has 0 bridgehead atoms. The number of nitrogens with zero attached hydrogens (tertiary/aromatic N) is 4. The lowest BCUT2D eigenvalue weighted by molar-refractivity contribution is -0.0964. The van der Waals surface area contributed by atoms with Crippen molar-refractivity contribution < 1.29 is 23.4 Å². The molecule has 1 fully saturated rings. The Labute approximate surface area is 186 Å². The van der Waals surface area contributed by atoms with Crippen molar-refractivity contribution in [3.63, 3.8) is 0 Å². The Hall–Kier alpha value is -3.37. The van der Waals surface area contributed by atoms with E-state index in [0.29, 0.717) is 36.6 Å². The van der Waals surface area contributed by atoms with Gasteiger partial charge in [-0.3, -0.25) is 4.79 Å². The second-order valence-electron chi connectivity index (χ2n) is 7.14. The van der Waals surface area contributed by atoms with Gasteiger partial charge in [0.2, 0.25) is 0 Å². The van der Waals surface area contributed by atoms with E-state index in [-0.39, 0.29) is 11.3 Å². The maximum atomic E-state index is 12.8. The summed E-state index contributed by atoms with van der Waals surface area (Å²) in [5.74, 6) is 0.0500. The molecule has 3 heterocycles. The number of aliphatic hydroxyl groups is 1. The number of aromatic nitrogens is 3. The molecule has 1 saturated heterocycles. The first kappa shape index (κ1) is 21.8. The molecule has 166 valence electrons. The van der Waals surface area contributed by atoms with E-state index in [1.165, 1.54) is 30.5 Å². The smallest absolute Gasteiger partial charge is 0.420 e. The first-order valence-corrected chi connectivity index (χ1v) is 10.0. The van der Waals surface area contributed by atoms with E-state index in [0.717, 1.165) is 5.56 Å². The molecule has 32 heavy (non-hydrogen) atoms. The van der Waals surface area contributed by atoms with Crippen LogP contribution in [0.3, 0.4) is 0 Å². The highest BCUT2D eigenvalue weighted by Gasteiger charge is 2.27. The number of anilines is 2. The fourth-order valence-electron chi connectivity index (χ4n) is 3.37. The zero-order valence-electron chi connectivity index (χ0n) is 16.6. The number of aliphatic hydroxyl groups excluding tert-OH is 1. The maximum absolute atomic E-state index is 12.8. The van der Waals surface area contributed by atoms with Crippen molar-refractivity contribution in [3.8, 4) is 16.9 Å². The summed E-state index contributed by atoms with van der Waals surface area (Å²) in [6.07, 6.45) is 4.75. The number of benzene rings is 1. The van der Waals surface area contributed by atoms with Gasteiger partial charge in [0, 0.05) is 47.7 Å². The number of carbonyl (C=O) groups excluding carboxylic acids is 1. The molecule has 4 rings (SSSR count). The number of nitrogens with one attached hydrogen (secondary N) is 1. The Balaban J connectivity index is 1.57. The lowest BCUT2D eigenvalue weighted by Crippen LogP contribution is -2.23. The summed E-state index contributed by atoms with van der Waals surface area (Å²) < 4.78 is 29.7. The predicted octanol–water partition coefficient (Wildman–Crippen LogP) is 3.53. The van der Waals surface area contributed by atoms with Crippen LogP contribution in [-0.4, -0.2) is 51.0 Å². The summed E-state index contributed by atoms with van der Waals surface area (Å²) >= 11 is 4.75. The molecule has 0 aliphatic carbocycles. The number of rotatable bonds is 6. The van der Waals surface area contributed by atoms with Crippen molar-refractivity contribution in [1.29, 1.82) is 0 Å². The van der Waals surface area contributed by atoms with Gasteiger partial charge < -0.3 is 20.1 Å². The van der Waals surface area contributed by atoms with Gasteiger partial charge in [-0.15, -0.1) is 8.78 Å². The van der Waals surface area contributed by atoms with E-state index in [1.54, 1.807) is 24.5 Å². The minimum absolute atomic E-state index is 0.144. The average molecular weight is 462 g/mol. The Morgan fingerprint density at radius 3 is 2.62 bits per heavy atom. The molecule has 1 aliphatic rings. The Morgan fingerprint density at radius 2 is 2.00 bits per heavy atom. The highest BCUT2D eigenvalue weighted by molar-refractivity contribution is 6.20. The average Bonchev–Trinajstić information content (AvgIpc) is 3.20. The van der Waals surface area contributed by atoms with Gasteiger partial charge >= 0.3 is 5.57 Å². The molecule has 0 saturated carbocycles. The molecule has 11 heteroatoms. The third-order valence-corrected chi connectivity index (χ3v) is 4.91. The number of hydrogen-bond donors (Lipinski definition) is 2. The van der Waals surface area contributed by atoms with Gasteiger partial charge in [0.15, 0.2) is 0 Å². The molecule has 1 amide bonds. The third kappa shape index (κ3) is 5.27. The predicted molar refractivity (Wildman–Crippen MR) is 114 cm³/mol. The van der Waals surface area contributed by atoms with Gasteiger partial charge in [-0.05, 0) is 42.8 Å². The number of β-amino-alcohol motifs (C(OH)–C–C–N with tert-alkyl or cyclic N) is 1. The van der Waals surface area contributed by atoms with Gasteiger partial charge in [-0.25, -0.2) is 4.98 Å². The summed E-state index contributed by atoms with van der Waals surface area (Å²) in [5, 5.41) is 20.3. The van der Waals surface area contributed by atoms with Crippen LogP contribution in [0.1, 0.15) is 16.8 Å². The molecule has 3 aromatic rings. The SMILES string of the molecule is O=C(Nc1ccc(OC(F)(F)Cl)cc1)c1cnc(N2CC[C@H](O)C2)c(-c2ccnnc2)c1. The molecule has 1 atom stereocenters. The van der Waals surface area contributed by atoms with Crippen LogP contribution in [0.25, 0.3) is 11.1 Å². The number of ether oxygens (including phenoxy) is 1. The van der Waals surface area contributed by atoms with Gasteiger partial charge in [-0.1, -0.05) is 0 Å². The Bertz CT molecular complexity index is 1100. The van der Waals surface area contributed by atoms with E-state index in [2.05, 4.69) is 25.2 Å². The topological polar surface area (TPSA) is 100 Å². The van der Waals surface area contributed by atoms with Crippen LogP contribution in [-0.2, 0) is 0 Å². The normalized spacial score (nSPS) is 16.1. The first-order valence-electron chi connectivity index (χ1n) is 9.66. The number of carbonyl (C=O) groups is 1. The van der Waals surface area contributed by atoms with Gasteiger partial charge in [0.05, 0.1) is 24.1 Å². The summed E-state index contributed by atoms with van der Waals surface area (Å²) in [7, 11) is 0. The maximum Gasteiger partial charge on any atom is 0.487 e. The molecular weight excluding hydrogens is 444 g/mol. The van der Waals surface area contributed by atoms with Crippen molar-refractivity contribution >= 4 is 29.0 Å². The molecule has 1 aliphatic heterocycles. The van der Waals surface area contributed by atoms with Crippen molar-refractivity contribution in [2.75, 3.05) is 23.3 Å². The van der Waals surface area contributed by atoms with E-state index in [1.807, 2.05) is 4.90 Å². The minimum Gasteiger partial charge on any atom is -0.420 e. The summed E-state index contributed by atoms with van der Waals surface area (Å²) in [5.41, 5.74) is -1.76. The zero-order valence-corrected chi connectivity index (χ0v) is 17.3. The van der Waals surface area contributed by atoms with E-state index in [9.17, 15) is 18.7 Å². The van der Waals surface area contributed by atoms with Crippen LogP contribution in [0.2, 0.25) is 0 Å². The van der Waals surface area contributed by atoms with Gasteiger partial charge in [0.25, 0.3) is 5.91 Å². The van der Waals surface area contributed by atoms with Crippen LogP contribution in [0.4, 0.5) is 20.3 Å². The largest absolute Gasteiger partial charge is 0.487 e. The number of alkyl halides is 3. The standard InChI is InChI=1S/C21H18ClF2N5O3/c22-21(23,24)32-17-3-1-15(2-4-17)28-20(31)14-9-18(13-5-7-26-27-11-13)19(25-10-14)29-8-6-16(30)12-29/h1-5,7,9-11,16,30H,6,8,12H2,(H,28,31)/t16-/m0/s1. The molecule has 0 unspecified atom stereocenters. The number of halogens is 3. The summed E-state index contributed by atoms with van der Waals surface area (Å²) in [6.45, 7) is 1.08. The second kappa shape index (κ2) is 9.01. The molecule has 1 aromatic carbocycles. The fraction of sp³-hybridized carbons (Fsp3) is 0.238. The lowest BCUT2D eigenvalue weighted by Gasteiger charge is -2.21. The van der Waals surface area contributed by atoms with Crippen molar-refractivity contribution in [2.45, 2.75) is 18.1 Å². The Morgan fingerprint density at radius 1 is 1.22 bits per heavy atom. The molecular formula is C21H18ClF2N5O3. The van der Waals surface area contributed by atoms with Crippen molar-refractivity contribution in [1.82, 2.24) is 15.2 Å². The molecule has 0 radical (unpaired) electrons. The fourth-order valence-corrected chi connectivity index (χ4v) is 3.46. The zero-order chi connectivity index (χ0) is 22.7. The Kier molecular flexibility index (Phi) is 6.15. The van der Waals surface area contributed by atoms with Crippen LogP contribution < -0.4 is 15.0 Å². The van der Waals surface area contributed by atoms with Gasteiger partial charge in [-0.2, -0.15) is 10.2 Å². The van der Waals surface area contributed by atoms with Crippen LogP contribution in [0.15, 0.2) is 55.0 Å². The van der Waals surface area contributed by atoms with E-state index in [4.69, 9.17) is 11.6 Å². The van der Waals surface area contributed by atoms with Crippen LogP contribution >= 0.6 is 11.6 Å². The lowest BCUT2D eigenvalue weighted by atomic mass is 10.1. The minimum atomic E-state index is -3.82. The van der Waals surface area contributed by atoms with Crippen LogP contribution in [0.5, 0.6) is 5.75 Å². The van der Waals surface area contributed by atoms with Crippen molar-refractivity contribution in [3.05, 3.63) is 60.6 Å². The molecule has 2 N–H and O–H groups in total. The summed E-state index contributed by atoms with van der Waals surface area (Å²) in [4.78, 5) is 19.2. The first-order chi connectivity index (χ1) is 15.3. The molecule has 8 nitrogen and oxygen atoms in total. The number of hydrogen-bond acceptors (Lipinski definition) is 7. The molecule has 0 spiro atoms. The number of amides is 1. The second-order valence-corrected chi connectivity index (χ2v) is 7.58. The van der Waals surface area contributed by atoms with Crippen molar-refractivity contribution in [2.24, 2.45) is 0 Å². The quantitative estimate of drug-likeness (QED) is 0.541. The van der Waals surface area contributed by atoms with E-state index >= 15 is 0 Å². The monoisotopic (exact) mass is 461 g/mol. The highest BCUT2D eigenvalue weighted by atomic mass is 35.5.